The first kappa shape index (κ1) is 13.4. The molecular formula is C14H16O5. The molecule has 0 aliphatic carbocycles. The highest BCUT2D eigenvalue weighted by Crippen LogP contribution is 2.41. The summed E-state index contributed by atoms with van der Waals surface area (Å²) in [5, 5.41) is 9.30. The van der Waals surface area contributed by atoms with Crippen molar-refractivity contribution in [3.05, 3.63) is 29.8 Å². The van der Waals surface area contributed by atoms with E-state index in [1.807, 2.05) is 24.3 Å². The van der Waals surface area contributed by atoms with Crippen molar-refractivity contribution < 1.29 is 24.2 Å². The zero-order chi connectivity index (χ0) is 14.0. The highest BCUT2D eigenvalue weighted by atomic mass is 16.5. The van der Waals surface area contributed by atoms with Gasteiger partial charge in [0.05, 0.1) is 13.7 Å². The van der Waals surface area contributed by atoms with Crippen molar-refractivity contribution in [3.63, 3.8) is 0 Å². The smallest absolute Gasteiger partial charge is 0.322 e. The van der Waals surface area contributed by atoms with E-state index in [1.165, 1.54) is 14.0 Å². The monoisotopic (exact) mass is 264 g/mol. The van der Waals surface area contributed by atoms with Crippen LogP contribution in [0.3, 0.4) is 0 Å². The first-order valence-corrected chi connectivity index (χ1v) is 6.02. The number of carbonyl (C=O) groups excluding carboxylic acids is 1. The molecule has 2 atom stereocenters. The number of hydrogen-bond donors (Lipinski definition) is 1. The van der Waals surface area contributed by atoms with Crippen LogP contribution in [0.2, 0.25) is 0 Å². The lowest BCUT2D eigenvalue weighted by atomic mass is 9.79. The van der Waals surface area contributed by atoms with Crippen LogP contribution in [0.15, 0.2) is 24.3 Å². The molecule has 102 valence electrons. The van der Waals surface area contributed by atoms with Crippen molar-refractivity contribution in [2.24, 2.45) is 5.41 Å². The van der Waals surface area contributed by atoms with Crippen LogP contribution >= 0.6 is 0 Å². The molecule has 5 heteroatoms. The minimum atomic E-state index is -1.56. The molecule has 1 aromatic carbocycles. The molecule has 0 amide bonds. The molecule has 1 N–H and O–H groups in total. The molecule has 19 heavy (non-hydrogen) atoms. The van der Waals surface area contributed by atoms with Gasteiger partial charge in [-0.15, -0.1) is 0 Å². The van der Waals surface area contributed by atoms with Gasteiger partial charge in [-0.3, -0.25) is 9.59 Å². The van der Waals surface area contributed by atoms with E-state index in [4.69, 9.17) is 4.74 Å². The summed E-state index contributed by atoms with van der Waals surface area (Å²) in [5.41, 5.74) is -0.612. The van der Waals surface area contributed by atoms with Gasteiger partial charge in [0.15, 0.2) is 5.41 Å². The molecule has 0 bridgehead atoms. The number of esters is 1. The van der Waals surface area contributed by atoms with Gasteiger partial charge in [0.25, 0.3) is 0 Å². The maximum atomic E-state index is 11.7. The maximum Gasteiger partial charge on any atom is 0.322 e. The average Bonchev–Trinajstić information content (AvgIpc) is 2.81. The van der Waals surface area contributed by atoms with Crippen molar-refractivity contribution in [2.45, 2.75) is 19.3 Å². The molecule has 2 rings (SSSR count). The second-order valence-corrected chi connectivity index (χ2v) is 4.88. The predicted octanol–water partition coefficient (Wildman–Crippen LogP) is 1.82. The van der Waals surface area contributed by atoms with E-state index in [-0.39, 0.29) is 12.3 Å². The van der Waals surface area contributed by atoms with Crippen LogP contribution in [0.5, 0.6) is 5.75 Å². The van der Waals surface area contributed by atoms with Gasteiger partial charge in [0.1, 0.15) is 5.75 Å². The van der Waals surface area contributed by atoms with Gasteiger partial charge in [-0.1, -0.05) is 18.2 Å². The van der Waals surface area contributed by atoms with Crippen molar-refractivity contribution in [1.82, 2.24) is 0 Å². The molecule has 0 aromatic heterocycles. The fraction of sp³-hybridized carbons (Fsp3) is 0.429. The Morgan fingerprint density at radius 1 is 1.47 bits per heavy atom. The van der Waals surface area contributed by atoms with E-state index < -0.39 is 17.4 Å². The Labute approximate surface area is 111 Å². The predicted molar refractivity (Wildman–Crippen MR) is 67.1 cm³/mol. The summed E-state index contributed by atoms with van der Waals surface area (Å²) in [6.45, 7) is 1.78. The van der Waals surface area contributed by atoms with Crippen LogP contribution in [0.25, 0.3) is 0 Å². The number of carboxylic acids is 1. The summed E-state index contributed by atoms with van der Waals surface area (Å²) in [6.07, 6.45) is 0.159. The molecule has 0 radical (unpaired) electrons. The van der Waals surface area contributed by atoms with Crippen LogP contribution in [0.1, 0.15) is 24.8 Å². The highest BCUT2D eigenvalue weighted by Gasteiger charge is 2.46. The number of fused-ring (bicyclic) bond motifs is 1. The molecule has 5 nitrogen and oxygen atoms in total. The third kappa shape index (κ3) is 2.28. The number of carboxylic acid groups (broad SMARTS) is 1. The van der Waals surface area contributed by atoms with E-state index in [0.29, 0.717) is 6.61 Å². The molecule has 0 saturated carbocycles. The Morgan fingerprint density at radius 2 is 2.16 bits per heavy atom. The zero-order valence-corrected chi connectivity index (χ0v) is 10.9. The van der Waals surface area contributed by atoms with Crippen molar-refractivity contribution in [2.75, 3.05) is 13.7 Å². The SMILES string of the molecule is COC(=O)C(C)(CC1COc2ccccc21)C(=O)O. The fourth-order valence-corrected chi connectivity index (χ4v) is 2.37. The van der Waals surface area contributed by atoms with Gasteiger partial charge < -0.3 is 14.6 Å². The van der Waals surface area contributed by atoms with Crippen LogP contribution in [-0.4, -0.2) is 30.8 Å². The summed E-state index contributed by atoms with van der Waals surface area (Å²) in [5.74, 6) is -1.27. The lowest BCUT2D eigenvalue weighted by molar-refractivity contribution is -0.166. The number of para-hydroxylation sites is 1. The molecule has 0 saturated heterocycles. The van der Waals surface area contributed by atoms with E-state index in [2.05, 4.69) is 4.74 Å². The first-order chi connectivity index (χ1) is 8.99. The minimum Gasteiger partial charge on any atom is -0.493 e. The minimum absolute atomic E-state index is 0.114. The van der Waals surface area contributed by atoms with E-state index >= 15 is 0 Å². The number of benzene rings is 1. The number of rotatable bonds is 4. The van der Waals surface area contributed by atoms with E-state index in [1.54, 1.807) is 0 Å². The Hall–Kier alpha value is -2.04. The lowest BCUT2D eigenvalue weighted by Crippen LogP contribution is -2.39. The topological polar surface area (TPSA) is 72.8 Å². The molecule has 1 aliphatic heterocycles. The second kappa shape index (κ2) is 4.91. The van der Waals surface area contributed by atoms with Gasteiger partial charge >= 0.3 is 11.9 Å². The number of aliphatic carboxylic acids is 1. The fourth-order valence-electron chi connectivity index (χ4n) is 2.37. The lowest BCUT2D eigenvalue weighted by Gasteiger charge is -2.24. The molecule has 0 spiro atoms. The third-order valence-corrected chi connectivity index (χ3v) is 3.56. The van der Waals surface area contributed by atoms with Crippen molar-refractivity contribution >= 4 is 11.9 Å². The summed E-state index contributed by atoms with van der Waals surface area (Å²) in [4.78, 5) is 23.1. The largest absolute Gasteiger partial charge is 0.493 e. The standard InChI is InChI=1S/C14H16O5/c1-14(12(15)16,13(17)18-2)7-9-8-19-11-6-4-3-5-10(9)11/h3-6,9H,7-8H2,1-2H3,(H,15,16). The average molecular weight is 264 g/mol. The quantitative estimate of drug-likeness (QED) is 0.663. The molecule has 2 unspecified atom stereocenters. The maximum absolute atomic E-state index is 11.7. The number of hydrogen-bond acceptors (Lipinski definition) is 4. The van der Waals surface area contributed by atoms with Crippen molar-refractivity contribution in [3.8, 4) is 5.75 Å². The van der Waals surface area contributed by atoms with E-state index in [0.717, 1.165) is 11.3 Å². The molecule has 1 aromatic rings. The van der Waals surface area contributed by atoms with E-state index in [9.17, 15) is 14.7 Å². The van der Waals surface area contributed by atoms with Gasteiger partial charge in [-0.25, -0.2) is 0 Å². The third-order valence-electron chi connectivity index (χ3n) is 3.56. The molecular weight excluding hydrogens is 248 g/mol. The number of carbonyl (C=O) groups is 2. The van der Waals surface area contributed by atoms with Crippen LogP contribution in [0.4, 0.5) is 0 Å². The van der Waals surface area contributed by atoms with Crippen molar-refractivity contribution in [1.29, 1.82) is 0 Å². The van der Waals surface area contributed by atoms with Crippen LogP contribution in [-0.2, 0) is 14.3 Å². The summed E-state index contributed by atoms with van der Waals surface area (Å²) < 4.78 is 10.1. The molecule has 1 heterocycles. The molecule has 0 fully saturated rings. The van der Waals surface area contributed by atoms with Gasteiger partial charge in [0, 0.05) is 11.5 Å². The van der Waals surface area contributed by atoms with Crippen LogP contribution < -0.4 is 4.74 Å². The number of ether oxygens (including phenoxy) is 2. The normalized spacial score (nSPS) is 20.0. The Bertz CT molecular complexity index is 510. The Kier molecular flexibility index (Phi) is 3.46. The zero-order valence-electron chi connectivity index (χ0n) is 10.9. The van der Waals surface area contributed by atoms with Gasteiger partial charge in [-0.05, 0) is 19.4 Å². The second-order valence-electron chi connectivity index (χ2n) is 4.88. The number of methoxy groups -OCH3 is 1. The summed E-state index contributed by atoms with van der Waals surface area (Å²) in [7, 11) is 1.20. The Morgan fingerprint density at radius 3 is 2.79 bits per heavy atom. The summed E-state index contributed by atoms with van der Waals surface area (Å²) in [6, 6.07) is 7.47. The highest BCUT2D eigenvalue weighted by molar-refractivity contribution is 5.98. The van der Waals surface area contributed by atoms with Gasteiger partial charge in [-0.2, -0.15) is 0 Å². The molecule has 1 aliphatic rings. The first-order valence-electron chi connectivity index (χ1n) is 6.02. The summed E-state index contributed by atoms with van der Waals surface area (Å²) >= 11 is 0. The Balaban J connectivity index is 2.25. The van der Waals surface area contributed by atoms with Crippen LogP contribution in [0, 0.1) is 5.41 Å². The van der Waals surface area contributed by atoms with Gasteiger partial charge in [0.2, 0.25) is 0 Å².